The van der Waals surface area contributed by atoms with Crippen LogP contribution in [0.15, 0.2) is 30.3 Å². The van der Waals surface area contributed by atoms with Gasteiger partial charge in [0.05, 0.1) is 6.10 Å². The highest BCUT2D eigenvalue weighted by molar-refractivity contribution is 5.93. The van der Waals surface area contributed by atoms with Gasteiger partial charge in [-0.1, -0.05) is 25.1 Å². The van der Waals surface area contributed by atoms with Crippen molar-refractivity contribution in [3.63, 3.8) is 0 Å². The normalized spacial score (nSPS) is 11.7. The summed E-state index contributed by atoms with van der Waals surface area (Å²) in [5.74, 6) is -1.12. The Morgan fingerprint density at radius 2 is 1.89 bits per heavy atom. The maximum absolute atomic E-state index is 12.1. The number of hydrogen-bond acceptors (Lipinski definition) is 4. The molecule has 0 aromatic heterocycles. The van der Waals surface area contributed by atoms with Crippen LogP contribution >= 0.6 is 0 Å². The highest BCUT2D eigenvalue weighted by atomic mass is 17.0. The average Bonchev–Trinajstić information content (AvgIpc) is 2.37. The predicted molar refractivity (Wildman–Crippen MR) is 65.2 cm³/mol. The van der Waals surface area contributed by atoms with Gasteiger partial charge < -0.3 is 4.84 Å². The first kappa shape index (κ1) is 14.2. The Labute approximate surface area is 106 Å². The number of carbonyl (C=O) groups excluding carboxylic acids is 2. The summed E-state index contributed by atoms with van der Waals surface area (Å²) >= 11 is 0. The lowest BCUT2D eigenvalue weighted by Gasteiger charge is -2.22. The average molecular weight is 251 g/mol. The van der Waals surface area contributed by atoms with Gasteiger partial charge >= 0.3 is 11.9 Å². The van der Waals surface area contributed by atoms with E-state index in [4.69, 9.17) is 9.68 Å². The fourth-order valence-corrected chi connectivity index (χ4v) is 1.15. The Kier molecular flexibility index (Phi) is 5.32. The quantitative estimate of drug-likeness (QED) is 0.771. The lowest BCUT2D eigenvalue weighted by atomic mass is 10.2. The van der Waals surface area contributed by atoms with Crippen LogP contribution in [0.5, 0.6) is 0 Å². The Hall–Kier alpha value is -1.88. The number of hydroxylamine groups is 2. The lowest BCUT2D eigenvalue weighted by Crippen LogP contribution is -2.35. The molecule has 0 saturated heterocycles. The lowest BCUT2D eigenvalue weighted by molar-refractivity contribution is -0.323. The van der Waals surface area contributed by atoms with Crippen molar-refractivity contribution < 1.29 is 19.3 Å². The summed E-state index contributed by atoms with van der Waals surface area (Å²) in [5.41, 5.74) is 0.391. The number of rotatable bonds is 4. The monoisotopic (exact) mass is 251 g/mol. The van der Waals surface area contributed by atoms with E-state index in [1.165, 1.54) is 6.92 Å². The minimum Gasteiger partial charge on any atom is -0.312 e. The second-order valence-electron chi connectivity index (χ2n) is 3.84. The third-order valence-corrected chi connectivity index (χ3v) is 2.25. The topological polar surface area (TPSA) is 55.8 Å². The molecule has 1 atom stereocenters. The molecule has 1 amide bonds. The molecule has 5 heteroatoms. The number of nitrogens with zero attached hydrogens (tertiary/aromatic N) is 1. The Bertz CT molecular complexity index is 405. The minimum atomic E-state index is -0.609. The van der Waals surface area contributed by atoms with Crippen LogP contribution in [0.4, 0.5) is 0 Å². The number of amides is 1. The first-order valence-corrected chi connectivity index (χ1v) is 5.79. The Morgan fingerprint density at radius 3 is 2.39 bits per heavy atom. The summed E-state index contributed by atoms with van der Waals surface area (Å²) < 4.78 is 0. The predicted octanol–water partition coefficient (Wildman–Crippen LogP) is 2.34. The van der Waals surface area contributed by atoms with Crippen LogP contribution < -0.4 is 0 Å². The van der Waals surface area contributed by atoms with E-state index in [1.54, 1.807) is 37.3 Å². The van der Waals surface area contributed by atoms with Crippen molar-refractivity contribution in [2.45, 2.75) is 33.3 Å². The molecule has 5 nitrogen and oxygen atoms in total. The third kappa shape index (κ3) is 4.18. The van der Waals surface area contributed by atoms with Crippen LogP contribution in [-0.4, -0.2) is 23.2 Å². The van der Waals surface area contributed by atoms with Gasteiger partial charge in [0, 0.05) is 12.5 Å². The van der Waals surface area contributed by atoms with Gasteiger partial charge in [-0.15, -0.1) is 0 Å². The maximum Gasteiger partial charge on any atom is 0.332 e. The molecule has 0 N–H and O–H groups in total. The molecule has 1 unspecified atom stereocenters. The Morgan fingerprint density at radius 1 is 1.28 bits per heavy atom. The van der Waals surface area contributed by atoms with E-state index < -0.39 is 11.9 Å². The molecule has 0 spiro atoms. The van der Waals surface area contributed by atoms with Crippen molar-refractivity contribution in [1.29, 1.82) is 0 Å². The van der Waals surface area contributed by atoms with Crippen molar-refractivity contribution in [3.05, 3.63) is 35.9 Å². The summed E-state index contributed by atoms with van der Waals surface area (Å²) in [6, 6.07) is 8.49. The van der Waals surface area contributed by atoms with Crippen LogP contribution in [0.2, 0.25) is 0 Å². The van der Waals surface area contributed by atoms with Crippen molar-refractivity contribution in [2.24, 2.45) is 0 Å². The zero-order valence-corrected chi connectivity index (χ0v) is 10.8. The van der Waals surface area contributed by atoms with Gasteiger partial charge in [0.2, 0.25) is 0 Å². The molecule has 0 aliphatic carbocycles. The smallest absolute Gasteiger partial charge is 0.312 e. The van der Waals surface area contributed by atoms with E-state index in [2.05, 4.69) is 0 Å². The number of carbonyl (C=O) groups is 2. The molecule has 98 valence electrons. The van der Waals surface area contributed by atoms with Crippen LogP contribution in [-0.2, 0) is 14.5 Å². The molecule has 0 aliphatic rings. The van der Waals surface area contributed by atoms with E-state index >= 15 is 0 Å². The first-order valence-electron chi connectivity index (χ1n) is 5.79. The van der Waals surface area contributed by atoms with Gasteiger partial charge in [0.25, 0.3) is 0 Å². The molecule has 0 bridgehead atoms. The van der Waals surface area contributed by atoms with Gasteiger partial charge in [0.15, 0.2) is 0 Å². The molecule has 0 saturated carbocycles. The largest absolute Gasteiger partial charge is 0.332 e. The zero-order chi connectivity index (χ0) is 13.5. The summed E-state index contributed by atoms with van der Waals surface area (Å²) in [4.78, 5) is 33.0. The van der Waals surface area contributed by atoms with Crippen LogP contribution in [0.3, 0.4) is 0 Å². The van der Waals surface area contributed by atoms with Crippen molar-refractivity contribution in [2.75, 3.05) is 0 Å². The van der Waals surface area contributed by atoms with Gasteiger partial charge in [-0.2, -0.15) is 0 Å². The van der Waals surface area contributed by atoms with E-state index in [1.807, 2.05) is 6.92 Å². The molecule has 0 fully saturated rings. The summed E-state index contributed by atoms with van der Waals surface area (Å²) in [7, 11) is 0. The van der Waals surface area contributed by atoms with Crippen molar-refractivity contribution in [3.8, 4) is 0 Å². The molecule has 0 heterocycles. The highest BCUT2D eigenvalue weighted by Crippen LogP contribution is 2.09. The molecule has 1 rings (SSSR count). The molecule has 1 aromatic carbocycles. The van der Waals surface area contributed by atoms with E-state index in [9.17, 15) is 9.59 Å². The van der Waals surface area contributed by atoms with Crippen molar-refractivity contribution >= 4 is 11.9 Å². The number of benzene rings is 1. The van der Waals surface area contributed by atoms with E-state index in [-0.39, 0.29) is 6.10 Å². The molecule has 0 aliphatic heterocycles. The van der Waals surface area contributed by atoms with Gasteiger partial charge in [0.1, 0.15) is 0 Å². The molecular weight excluding hydrogens is 234 g/mol. The van der Waals surface area contributed by atoms with Crippen molar-refractivity contribution in [1.82, 2.24) is 5.23 Å². The summed E-state index contributed by atoms with van der Waals surface area (Å²) in [5, 5.41) is 0.645. The second kappa shape index (κ2) is 6.76. The second-order valence-corrected chi connectivity index (χ2v) is 3.84. The van der Waals surface area contributed by atoms with E-state index in [0.717, 1.165) is 0 Å². The summed E-state index contributed by atoms with van der Waals surface area (Å²) in [6.45, 7) is 4.91. The molecule has 1 aromatic rings. The SMILES string of the molecule is CCC(C)ON(OC(C)=O)C(=O)c1ccccc1. The Balaban J connectivity index is 2.82. The maximum atomic E-state index is 12.1. The number of hydrogen-bond donors (Lipinski definition) is 0. The molecular formula is C13H17NO4. The fraction of sp³-hybridized carbons (Fsp3) is 0.385. The van der Waals surface area contributed by atoms with Crippen LogP contribution in [0, 0.1) is 0 Å². The molecule has 18 heavy (non-hydrogen) atoms. The van der Waals surface area contributed by atoms with Gasteiger partial charge in [-0.25, -0.2) is 9.63 Å². The van der Waals surface area contributed by atoms with Crippen LogP contribution in [0.25, 0.3) is 0 Å². The van der Waals surface area contributed by atoms with Crippen LogP contribution in [0.1, 0.15) is 37.6 Å². The zero-order valence-electron chi connectivity index (χ0n) is 10.8. The third-order valence-electron chi connectivity index (χ3n) is 2.25. The van der Waals surface area contributed by atoms with Gasteiger partial charge in [-0.05, 0) is 30.7 Å². The van der Waals surface area contributed by atoms with Gasteiger partial charge in [-0.3, -0.25) is 4.79 Å². The van der Waals surface area contributed by atoms with E-state index in [0.29, 0.717) is 17.2 Å². The first-order chi connectivity index (χ1) is 8.54. The fourth-order valence-electron chi connectivity index (χ4n) is 1.15. The minimum absolute atomic E-state index is 0.225. The standard InChI is InChI=1S/C13H17NO4/c1-4-10(2)17-14(18-11(3)15)13(16)12-8-6-5-7-9-12/h5-10H,4H2,1-3H3. The summed E-state index contributed by atoms with van der Waals surface area (Å²) in [6.07, 6.45) is 0.469. The highest BCUT2D eigenvalue weighted by Gasteiger charge is 2.22. The molecule has 0 radical (unpaired) electrons.